The molecule has 3 heteroatoms. The van der Waals surface area contributed by atoms with Gasteiger partial charge in [-0.05, 0) is 36.9 Å². The molecule has 13 heavy (non-hydrogen) atoms. The van der Waals surface area contributed by atoms with Crippen LogP contribution in [0.2, 0.25) is 0 Å². The highest BCUT2D eigenvalue weighted by molar-refractivity contribution is 9.11. The van der Waals surface area contributed by atoms with E-state index < -0.39 is 0 Å². The maximum Gasteiger partial charge on any atom is 0.112 e. The molecule has 0 aromatic carbocycles. The summed E-state index contributed by atoms with van der Waals surface area (Å²) in [6, 6.07) is 0. The molecule has 0 saturated carbocycles. The number of halogens is 1. The van der Waals surface area contributed by atoms with Crippen LogP contribution < -0.4 is 0 Å². The lowest BCUT2D eigenvalue weighted by molar-refractivity contribution is 0.0459. The van der Waals surface area contributed by atoms with Gasteiger partial charge in [0.15, 0.2) is 0 Å². The molecule has 0 amide bonds. The Morgan fingerprint density at radius 2 is 2.31 bits per heavy atom. The maximum absolute atomic E-state index is 5.90. The normalized spacial score (nSPS) is 31.2. The molecular weight excluding hydrogens is 248 g/mol. The Labute approximate surface area is 91.7 Å². The quantitative estimate of drug-likeness (QED) is 0.660. The minimum atomic E-state index is 0.00462. The van der Waals surface area contributed by atoms with E-state index >= 15 is 0 Å². The van der Waals surface area contributed by atoms with Crippen molar-refractivity contribution in [3.63, 3.8) is 0 Å². The molecule has 72 valence electrons. The summed E-state index contributed by atoms with van der Waals surface area (Å²) in [5.41, 5.74) is 0.00462. The number of allylic oxidation sites excluding steroid dienone is 3. The molecule has 0 bridgehead atoms. The van der Waals surface area contributed by atoms with E-state index in [-0.39, 0.29) is 5.60 Å². The van der Waals surface area contributed by atoms with Crippen LogP contribution in [0.5, 0.6) is 0 Å². The van der Waals surface area contributed by atoms with Crippen LogP contribution in [0.25, 0.3) is 0 Å². The van der Waals surface area contributed by atoms with Crippen molar-refractivity contribution >= 4 is 27.7 Å². The van der Waals surface area contributed by atoms with Gasteiger partial charge in [0.05, 0.1) is 5.25 Å². The fraction of sp³-hybridized carbons (Fsp3) is 0.600. The predicted molar refractivity (Wildman–Crippen MR) is 61.1 cm³/mol. The highest BCUT2D eigenvalue weighted by atomic mass is 79.9. The van der Waals surface area contributed by atoms with Crippen molar-refractivity contribution < 1.29 is 4.74 Å². The molecular formula is C10H13BrOS. The van der Waals surface area contributed by atoms with E-state index in [1.165, 1.54) is 4.48 Å². The van der Waals surface area contributed by atoms with Crippen molar-refractivity contribution in [1.29, 1.82) is 0 Å². The molecule has 0 spiro atoms. The second-order valence-corrected chi connectivity index (χ2v) is 6.26. The Kier molecular flexibility index (Phi) is 2.49. The van der Waals surface area contributed by atoms with Gasteiger partial charge in [-0.25, -0.2) is 0 Å². The first-order valence-corrected chi connectivity index (χ1v) is 6.28. The molecule has 1 atom stereocenters. The SMILES string of the molecule is CC1(C)CSC2CC(Br)=CC=C2O1. The third-order valence-electron chi connectivity index (χ3n) is 2.15. The first-order chi connectivity index (χ1) is 6.07. The van der Waals surface area contributed by atoms with Gasteiger partial charge in [0.1, 0.15) is 11.4 Å². The number of hydrogen-bond donors (Lipinski definition) is 0. The van der Waals surface area contributed by atoms with Crippen LogP contribution in [0.1, 0.15) is 20.3 Å². The molecule has 1 unspecified atom stereocenters. The molecule has 0 aromatic rings. The number of fused-ring (bicyclic) bond motifs is 1. The molecule has 0 radical (unpaired) electrons. The summed E-state index contributed by atoms with van der Waals surface area (Å²) >= 11 is 5.52. The Bertz CT molecular complexity index is 281. The third-order valence-corrected chi connectivity index (χ3v) is 4.40. The third kappa shape index (κ3) is 2.13. The standard InChI is InChI=1S/C10H13BrOS/c1-10(2)6-13-9-5-7(11)3-4-8(9)12-10/h3-4,9H,5-6H2,1-2H3. The molecule has 0 N–H and O–H groups in total. The van der Waals surface area contributed by atoms with Gasteiger partial charge in [0, 0.05) is 5.75 Å². The fourth-order valence-corrected chi connectivity index (χ4v) is 3.44. The van der Waals surface area contributed by atoms with Gasteiger partial charge in [-0.3, -0.25) is 0 Å². The molecule has 0 aromatic heterocycles. The van der Waals surface area contributed by atoms with Gasteiger partial charge >= 0.3 is 0 Å². The summed E-state index contributed by atoms with van der Waals surface area (Å²) in [6.07, 6.45) is 5.26. The molecule has 1 fully saturated rings. The van der Waals surface area contributed by atoms with E-state index in [0.717, 1.165) is 17.9 Å². The first kappa shape index (κ1) is 9.66. The molecule has 1 nitrogen and oxygen atoms in total. The minimum absolute atomic E-state index is 0.00462. The number of rotatable bonds is 0. The lowest BCUT2D eigenvalue weighted by Gasteiger charge is -2.38. The Hall–Kier alpha value is 0.110. The first-order valence-electron chi connectivity index (χ1n) is 4.44. The van der Waals surface area contributed by atoms with Crippen LogP contribution in [-0.2, 0) is 4.74 Å². The highest BCUT2D eigenvalue weighted by Crippen LogP contribution is 2.40. The van der Waals surface area contributed by atoms with E-state index in [9.17, 15) is 0 Å². The van der Waals surface area contributed by atoms with E-state index in [2.05, 4.69) is 41.9 Å². The van der Waals surface area contributed by atoms with Gasteiger partial charge in [0.2, 0.25) is 0 Å². The van der Waals surface area contributed by atoms with Crippen LogP contribution in [0.3, 0.4) is 0 Å². The molecule has 1 aliphatic heterocycles. The van der Waals surface area contributed by atoms with Gasteiger partial charge < -0.3 is 4.74 Å². The van der Waals surface area contributed by atoms with Crippen molar-refractivity contribution in [2.75, 3.05) is 5.75 Å². The second-order valence-electron chi connectivity index (χ2n) is 4.05. The lowest BCUT2D eigenvalue weighted by Crippen LogP contribution is -2.36. The molecule has 1 aliphatic carbocycles. The van der Waals surface area contributed by atoms with Crippen LogP contribution in [0.15, 0.2) is 22.4 Å². The summed E-state index contributed by atoms with van der Waals surface area (Å²) < 4.78 is 7.18. The van der Waals surface area contributed by atoms with Crippen molar-refractivity contribution in [3.8, 4) is 0 Å². The lowest BCUT2D eigenvalue weighted by atomic mass is 10.1. The van der Waals surface area contributed by atoms with Gasteiger partial charge in [-0.2, -0.15) is 0 Å². The van der Waals surface area contributed by atoms with E-state index in [1.807, 2.05) is 11.8 Å². The highest BCUT2D eigenvalue weighted by Gasteiger charge is 2.33. The Morgan fingerprint density at radius 1 is 1.54 bits per heavy atom. The Morgan fingerprint density at radius 3 is 3.08 bits per heavy atom. The number of hydrogen-bond acceptors (Lipinski definition) is 2. The second kappa shape index (κ2) is 3.35. The fourth-order valence-electron chi connectivity index (χ4n) is 1.52. The van der Waals surface area contributed by atoms with E-state index in [0.29, 0.717) is 5.25 Å². The van der Waals surface area contributed by atoms with Crippen molar-refractivity contribution in [2.24, 2.45) is 0 Å². The topological polar surface area (TPSA) is 9.23 Å². The number of thioether (sulfide) groups is 1. The minimum Gasteiger partial charge on any atom is -0.490 e. The Balaban J connectivity index is 2.18. The van der Waals surface area contributed by atoms with Crippen molar-refractivity contribution in [2.45, 2.75) is 31.1 Å². The molecule has 1 saturated heterocycles. The monoisotopic (exact) mass is 260 g/mol. The summed E-state index contributed by atoms with van der Waals surface area (Å²) in [6.45, 7) is 4.29. The van der Waals surface area contributed by atoms with Crippen LogP contribution in [0, 0.1) is 0 Å². The summed E-state index contributed by atoms with van der Waals surface area (Å²) in [7, 11) is 0. The van der Waals surface area contributed by atoms with Gasteiger partial charge in [-0.15, -0.1) is 11.8 Å². The zero-order valence-corrected chi connectivity index (χ0v) is 10.2. The molecule has 1 heterocycles. The molecule has 2 rings (SSSR count). The average Bonchev–Trinajstić information content (AvgIpc) is 2.05. The van der Waals surface area contributed by atoms with Crippen molar-refractivity contribution in [1.82, 2.24) is 0 Å². The van der Waals surface area contributed by atoms with E-state index in [1.54, 1.807) is 0 Å². The van der Waals surface area contributed by atoms with Gasteiger partial charge in [-0.1, -0.05) is 15.9 Å². The molecule has 2 aliphatic rings. The smallest absolute Gasteiger partial charge is 0.112 e. The maximum atomic E-state index is 5.90. The summed E-state index contributed by atoms with van der Waals surface area (Å²) in [4.78, 5) is 0. The largest absolute Gasteiger partial charge is 0.490 e. The van der Waals surface area contributed by atoms with Crippen LogP contribution in [0.4, 0.5) is 0 Å². The van der Waals surface area contributed by atoms with Gasteiger partial charge in [0.25, 0.3) is 0 Å². The van der Waals surface area contributed by atoms with Crippen LogP contribution >= 0.6 is 27.7 Å². The van der Waals surface area contributed by atoms with E-state index in [4.69, 9.17) is 4.74 Å². The summed E-state index contributed by atoms with van der Waals surface area (Å²) in [5.74, 6) is 2.22. The zero-order valence-electron chi connectivity index (χ0n) is 7.84. The predicted octanol–water partition coefficient (Wildman–Crippen LogP) is 3.46. The number of ether oxygens (including phenoxy) is 1. The van der Waals surface area contributed by atoms with Crippen molar-refractivity contribution in [3.05, 3.63) is 22.4 Å². The average molecular weight is 261 g/mol. The summed E-state index contributed by atoms with van der Waals surface area (Å²) in [5, 5.41) is 0.535. The van der Waals surface area contributed by atoms with Crippen LogP contribution in [-0.4, -0.2) is 16.6 Å². The zero-order chi connectivity index (χ0) is 9.47.